The van der Waals surface area contributed by atoms with Crippen molar-refractivity contribution in [2.45, 2.75) is 13.5 Å². The number of nitrogens with zero attached hydrogens (tertiary/aromatic N) is 2. The number of carboxylic acid groups (broad SMARTS) is 1. The molecule has 2 aromatic rings. The Balaban J connectivity index is 2.68. The molecule has 0 saturated heterocycles. The lowest BCUT2D eigenvalue weighted by Gasteiger charge is -2.10. The summed E-state index contributed by atoms with van der Waals surface area (Å²) >= 11 is 0. The topological polar surface area (TPSA) is 72.2 Å². The Morgan fingerprint density at radius 3 is 2.78 bits per heavy atom. The molecular formula is C13H12N2O3. The molecule has 0 fully saturated rings. The second kappa shape index (κ2) is 4.44. The van der Waals surface area contributed by atoms with Gasteiger partial charge in [0.05, 0.1) is 17.6 Å². The Morgan fingerprint density at radius 2 is 2.11 bits per heavy atom. The fourth-order valence-electron chi connectivity index (χ4n) is 1.74. The van der Waals surface area contributed by atoms with Crippen LogP contribution in [0.1, 0.15) is 5.69 Å². The van der Waals surface area contributed by atoms with Crippen LogP contribution in [0.3, 0.4) is 0 Å². The van der Waals surface area contributed by atoms with Gasteiger partial charge in [-0.1, -0.05) is 18.7 Å². The minimum atomic E-state index is -1.11. The first-order valence-electron chi connectivity index (χ1n) is 5.38. The largest absolute Gasteiger partial charge is 0.478 e. The lowest BCUT2D eigenvalue weighted by atomic mass is 10.2. The SMILES string of the molecule is C=C(Cn1c(=O)c(C)nc2ccccc21)C(=O)O. The van der Waals surface area contributed by atoms with Gasteiger partial charge in [0, 0.05) is 5.57 Å². The van der Waals surface area contributed by atoms with Crippen LogP contribution < -0.4 is 5.56 Å². The summed E-state index contributed by atoms with van der Waals surface area (Å²) in [5.41, 5.74) is 1.28. The highest BCUT2D eigenvalue weighted by molar-refractivity contribution is 5.86. The van der Waals surface area contributed by atoms with Gasteiger partial charge in [-0.05, 0) is 19.1 Å². The molecule has 1 aromatic carbocycles. The number of carbonyl (C=O) groups is 1. The molecule has 0 amide bonds. The molecule has 0 saturated carbocycles. The third kappa shape index (κ3) is 2.02. The molecule has 0 bridgehead atoms. The number of hydrogen-bond acceptors (Lipinski definition) is 3. The number of carboxylic acids is 1. The van der Waals surface area contributed by atoms with Crippen molar-refractivity contribution < 1.29 is 9.90 Å². The Bertz CT molecular complexity index is 701. The average molecular weight is 244 g/mol. The Labute approximate surface area is 103 Å². The van der Waals surface area contributed by atoms with Crippen molar-refractivity contribution in [3.63, 3.8) is 0 Å². The fraction of sp³-hybridized carbons (Fsp3) is 0.154. The van der Waals surface area contributed by atoms with Crippen molar-refractivity contribution >= 4 is 17.0 Å². The molecule has 0 aliphatic rings. The molecule has 0 aliphatic heterocycles. The number of aliphatic carboxylic acids is 1. The summed E-state index contributed by atoms with van der Waals surface area (Å²) in [6.07, 6.45) is 0. The number of aromatic nitrogens is 2. The van der Waals surface area contributed by atoms with E-state index in [4.69, 9.17) is 5.11 Å². The highest BCUT2D eigenvalue weighted by Gasteiger charge is 2.11. The maximum absolute atomic E-state index is 12.0. The van der Waals surface area contributed by atoms with E-state index >= 15 is 0 Å². The van der Waals surface area contributed by atoms with Gasteiger partial charge in [-0.25, -0.2) is 9.78 Å². The second-order valence-electron chi connectivity index (χ2n) is 3.99. The van der Waals surface area contributed by atoms with Crippen LogP contribution in [0.2, 0.25) is 0 Å². The van der Waals surface area contributed by atoms with Crippen molar-refractivity contribution in [3.8, 4) is 0 Å². The Hall–Kier alpha value is -2.43. The van der Waals surface area contributed by atoms with Crippen molar-refractivity contribution in [1.82, 2.24) is 9.55 Å². The van der Waals surface area contributed by atoms with E-state index in [0.717, 1.165) is 0 Å². The van der Waals surface area contributed by atoms with Crippen LogP contribution in [0.25, 0.3) is 11.0 Å². The van der Waals surface area contributed by atoms with E-state index in [9.17, 15) is 9.59 Å². The zero-order valence-corrected chi connectivity index (χ0v) is 9.88. The summed E-state index contributed by atoms with van der Waals surface area (Å²) in [6.45, 7) is 5.01. The molecule has 0 spiro atoms. The molecule has 5 heteroatoms. The summed E-state index contributed by atoms with van der Waals surface area (Å²) in [5, 5.41) is 8.85. The van der Waals surface area contributed by atoms with Crippen LogP contribution in [0.4, 0.5) is 0 Å². The van der Waals surface area contributed by atoms with E-state index < -0.39 is 5.97 Å². The first-order valence-corrected chi connectivity index (χ1v) is 5.38. The number of fused-ring (bicyclic) bond motifs is 1. The van der Waals surface area contributed by atoms with E-state index in [-0.39, 0.29) is 17.7 Å². The Kier molecular flexibility index (Phi) is 2.97. The summed E-state index contributed by atoms with van der Waals surface area (Å²) in [4.78, 5) is 27.0. The molecule has 18 heavy (non-hydrogen) atoms. The summed E-state index contributed by atoms with van der Waals surface area (Å²) < 4.78 is 1.38. The smallest absolute Gasteiger partial charge is 0.332 e. The minimum absolute atomic E-state index is 0.0344. The molecule has 1 aromatic heterocycles. The highest BCUT2D eigenvalue weighted by atomic mass is 16.4. The average Bonchev–Trinajstić information content (AvgIpc) is 2.34. The lowest BCUT2D eigenvalue weighted by molar-refractivity contribution is -0.132. The zero-order chi connectivity index (χ0) is 13.3. The molecule has 92 valence electrons. The number of rotatable bonds is 3. The molecule has 0 atom stereocenters. The fourth-order valence-corrected chi connectivity index (χ4v) is 1.74. The molecule has 2 rings (SSSR count). The quantitative estimate of drug-likeness (QED) is 0.827. The van der Waals surface area contributed by atoms with Crippen molar-refractivity contribution in [1.29, 1.82) is 0 Å². The van der Waals surface area contributed by atoms with Crippen LogP contribution in [0, 0.1) is 6.92 Å². The third-order valence-electron chi connectivity index (χ3n) is 2.67. The predicted octanol–water partition coefficient (Wildman–Crippen LogP) is 1.35. The van der Waals surface area contributed by atoms with E-state index in [1.54, 1.807) is 25.1 Å². The number of benzene rings is 1. The molecular weight excluding hydrogens is 232 g/mol. The van der Waals surface area contributed by atoms with Crippen molar-refractivity contribution in [3.05, 3.63) is 52.5 Å². The van der Waals surface area contributed by atoms with Gasteiger partial charge in [-0.15, -0.1) is 0 Å². The lowest BCUT2D eigenvalue weighted by Crippen LogP contribution is -2.26. The first kappa shape index (κ1) is 12.0. The number of aryl methyl sites for hydroxylation is 1. The van der Waals surface area contributed by atoms with Gasteiger partial charge >= 0.3 is 5.97 Å². The Morgan fingerprint density at radius 1 is 1.44 bits per heavy atom. The van der Waals surface area contributed by atoms with Crippen LogP contribution in [0.5, 0.6) is 0 Å². The van der Waals surface area contributed by atoms with Gasteiger partial charge in [-0.3, -0.25) is 4.79 Å². The molecule has 0 unspecified atom stereocenters. The maximum Gasteiger partial charge on any atom is 0.332 e. The van der Waals surface area contributed by atoms with Crippen molar-refractivity contribution in [2.75, 3.05) is 0 Å². The van der Waals surface area contributed by atoms with Gasteiger partial charge < -0.3 is 9.67 Å². The number of hydrogen-bond donors (Lipinski definition) is 1. The number of para-hydroxylation sites is 2. The summed E-state index contributed by atoms with van der Waals surface area (Å²) in [5.74, 6) is -1.11. The van der Waals surface area contributed by atoms with E-state index in [0.29, 0.717) is 16.7 Å². The highest BCUT2D eigenvalue weighted by Crippen LogP contribution is 2.11. The van der Waals surface area contributed by atoms with Crippen molar-refractivity contribution in [2.24, 2.45) is 0 Å². The maximum atomic E-state index is 12.0. The predicted molar refractivity (Wildman–Crippen MR) is 67.5 cm³/mol. The van der Waals surface area contributed by atoms with Crippen LogP contribution in [-0.2, 0) is 11.3 Å². The molecule has 1 heterocycles. The summed E-state index contributed by atoms with van der Waals surface area (Å²) in [7, 11) is 0. The first-order chi connectivity index (χ1) is 8.50. The molecule has 5 nitrogen and oxygen atoms in total. The minimum Gasteiger partial charge on any atom is -0.478 e. The summed E-state index contributed by atoms with van der Waals surface area (Å²) in [6, 6.07) is 7.11. The van der Waals surface area contributed by atoms with E-state index in [2.05, 4.69) is 11.6 Å². The second-order valence-corrected chi connectivity index (χ2v) is 3.99. The standard InChI is InChI=1S/C13H12N2O3/c1-8(13(17)18)7-15-11-6-4-3-5-10(11)14-9(2)12(15)16/h3-6H,1,7H2,2H3,(H,17,18). The third-order valence-corrected chi connectivity index (χ3v) is 2.67. The van der Waals surface area contributed by atoms with Gasteiger partial charge in [0.2, 0.25) is 0 Å². The zero-order valence-electron chi connectivity index (χ0n) is 9.88. The van der Waals surface area contributed by atoms with Crippen LogP contribution >= 0.6 is 0 Å². The molecule has 0 aliphatic carbocycles. The van der Waals surface area contributed by atoms with Gasteiger partial charge in [0.1, 0.15) is 5.69 Å². The van der Waals surface area contributed by atoms with E-state index in [1.165, 1.54) is 4.57 Å². The van der Waals surface area contributed by atoms with Crippen LogP contribution in [-0.4, -0.2) is 20.6 Å². The van der Waals surface area contributed by atoms with E-state index in [1.807, 2.05) is 6.07 Å². The normalized spacial score (nSPS) is 10.5. The van der Waals surface area contributed by atoms with Gasteiger partial charge in [-0.2, -0.15) is 0 Å². The molecule has 1 N–H and O–H groups in total. The molecule has 0 radical (unpaired) electrons. The van der Waals surface area contributed by atoms with Gasteiger partial charge in [0.25, 0.3) is 5.56 Å². The monoisotopic (exact) mass is 244 g/mol. The van der Waals surface area contributed by atoms with Crippen LogP contribution in [0.15, 0.2) is 41.2 Å². The van der Waals surface area contributed by atoms with Gasteiger partial charge in [0.15, 0.2) is 0 Å².